The maximum atomic E-state index is 12.8. The van der Waals surface area contributed by atoms with Gasteiger partial charge in [-0.05, 0) is 0 Å². The number of hydrogen-bond acceptors (Lipinski definition) is 3. The predicted molar refractivity (Wildman–Crippen MR) is 62.3 cm³/mol. The van der Waals surface area contributed by atoms with Crippen LogP contribution in [0.4, 0.5) is 13.2 Å². The molecule has 104 valence electrons. The lowest BCUT2D eigenvalue weighted by molar-refractivity contribution is -0.138. The van der Waals surface area contributed by atoms with Crippen LogP contribution >= 0.6 is 0 Å². The third kappa shape index (κ3) is 3.94. The predicted octanol–water partition coefficient (Wildman–Crippen LogP) is 1.84. The molecule has 0 aliphatic heterocycles. The lowest BCUT2D eigenvalue weighted by Gasteiger charge is -2.11. The van der Waals surface area contributed by atoms with Gasteiger partial charge in [0.2, 0.25) is 5.88 Å². The van der Waals surface area contributed by atoms with Gasteiger partial charge in [0.1, 0.15) is 0 Å². The van der Waals surface area contributed by atoms with Gasteiger partial charge in [-0.15, -0.1) is 0 Å². The van der Waals surface area contributed by atoms with Crippen molar-refractivity contribution in [3.05, 3.63) is 23.4 Å². The Bertz CT molecular complexity index is 498. The molecular formula is C11H12F3N3O2. The van der Waals surface area contributed by atoms with Gasteiger partial charge in [-0.1, -0.05) is 0 Å². The molecule has 0 aliphatic rings. The minimum absolute atomic E-state index is 0.222. The Hall–Kier alpha value is -2.12. The number of halogens is 3. The van der Waals surface area contributed by atoms with Crippen LogP contribution in [-0.4, -0.2) is 43.3 Å². The molecule has 0 N–H and O–H groups in total. The second kappa shape index (κ2) is 5.68. The van der Waals surface area contributed by atoms with Crippen LogP contribution in [-0.2, 0) is 6.18 Å². The number of ether oxygens (including phenoxy) is 1. The number of aliphatic imine (C=N–C) groups is 1. The van der Waals surface area contributed by atoms with Crippen LogP contribution in [0.15, 0.2) is 17.3 Å². The molecule has 5 nitrogen and oxygen atoms in total. The fraction of sp³-hybridized carbons (Fsp3) is 0.364. The normalized spacial score (nSPS) is 11.7. The Morgan fingerprint density at radius 2 is 2.11 bits per heavy atom. The summed E-state index contributed by atoms with van der Waals surface area (Å²) < 4.78 is 43.1. The Morgan fingerprint density at radius 1 is 1.47 bits per heavy atom. The molecule has 8 heteroatoms. The SMILES string of the molecule is COc1cc(C(F)(F)F)c(C(=O)N=CN(C)C)cn1. The van der Waals surface area contributed by atoms with Gasteiger partial charge in [0.15, 0.2) is 0 Å². The van der Waals surface area contributed by atoms with E-state index in [0.717, 1.165) is 12.5 Å². The van der Waals surface area contributed by atoms with Crippen molar-refractivity contribution in [3.8, 4) is 5.88 Å². The van der Waals surface area contributed by atoms with Crippen molar-refractivity contribution in [2.24, 2.45) is 4.99 Å². The van der Waals surface area contributed by atoms with Crippen molar-refractivity contribution in [1.82, 2.24) is 9.88 Å². The van der Waals surface area contributed by atoms with Gasteiger partial charge in [0.25, 0.3) is 5.91 Å². The summed E-state index contributed by atoms with van der Waals surface area (Å²) in [5, 5.41) is 0. The first kappa shape index (κ1) is 14.9. The number of alkyl halides is 3. The summed E-state index contributed by atoms with van der Waals surface area (Å²) in [4.78, 5) is 20.0. The van der Waals surface area contributed by atoms with Crippen molar-refractivity contribution in [1.29, 1.82) is 0 Å². The first-order valence-electron chi connectivity index (χ1n) is 5.12. The molecule has 0 bridgehead atoms. The number of amides is 1. The van der Waals surface area contributed by atoms with Crippen molar-refractivity contribution < 1.29 is 22.7 Å². The first-order chi connectivity index (χ1) is 8.75. The van der Waals surface area contributed by atoms with Crippen LogP contribution in [0.1, 0.15) is 15.9 Å². The average Bonchev–Trinajstić information content (AvgIpc) is 2.34. The van der Waals surface area contributed by atoms with Gasteiger partial charge in [-0.2, -0.15) is 18.2 Å². The number of carbonyl (C=O) groups is 1. The Balaban J connectivity index is 3.23. The zero-order chi connectivity index (χ0) is 14.6. The summed E-state index contributed by atoms with van der Waals surface area (Å²) >= 11 is 0. The lowest BCUT2D eigenvalue weighted by atomic mass is 10.1. The van der Waals surface area contributed by atoms with Crippen molar-refractivity contribution in [2.45, 2.75) is 6.18 Å². The van der Waals surface area contributed by atoms with E-state index in [2.05, 4.69) is 14.7 Å². The number of carbonyl (C=O) groups excluding carboxylic acids is 1. The highest BCUT2D eigenvalue weighted by Crippen LogP contribution is 2.33. The fourth-order valence-corrected chi connectivity index (χ4v) is 1.19. The van der Waals surface area contributed by atoms with Gasteiger partial charge in [0, 0.05) is 26.4 Å². The van der Waals surface area contributed by atoms with Crippen LogP contribution in [0.5, 0.6) is 5.88 Å². The van der Waals surface area contributed by atoms with E-state index in [1.807, 2.05) is 0 Å². The quantitative estimate of drug-likeness (QED) is 0.624. The molecule has 1 aromatic rings. The second-order valence-corrected chi connectivity index (χ2v) is 3.78. The zero-order valence-electron chi connectivity index (χ0n) is 10.5. The number of hydrogen-bond donors (Lipinski definition) is 0. The highest BCUT2D eigenvalue weighted by Gasteiger charge is 2.36. The Morgan fingerprint density at radius 3 is 2.58 bits per heavy atom. The third-order valence-corrected chi connectivity index (χ3v) is 2.03. The van der Waals surface area contributed by atoms with Gasteiger partial charge in [-0.3, -0.25) is 4.79 Å². The maximum absolute atomic E-state index is 12.8. The van der Waals surface area contributed by atoms with Crippen LogP contribution in [0.3, 0.4) is 0 Å². The smallest absolute Gasteiger partial charge is 0.417 e. The third-order valence-electron chi connectivity index (χ3n) is 2.03. The number of aromatic nitrogens is 1. The van der Waals surface area contributed by atoms with Crippen LogP contribution < -0.4 is 4.74 Å². The summed E-state index contributed by atoms with van der Waals surface area (Å²) in [5.74, 6) is -1.24. The molecular weight excluding hydrogens is 263 g/mol. The minimum atomic E-state index is -4.69. The molecule has 1 aromatic heterocycles. The standard InChI is InChI=1S/C11H12F3N3O2/c1-17(2)6-16-10(18)7-5-15-9(19-3)4-8(7)11(12,13)14/h4-6H,1-3H3. The van der Waals surface area contributed by atoms with Gasteiger partial charge < -0.3 is 9.64 Å². The molecule has 0 saturated carbocycles. The monoisotopic (exact) mass is 275 g/mol. The lowest BCUT2D eigenvalue weighted by Crippen LogP contribution is -2.15. The molecule has 0 aromatic carbocycles. The first-order valence-corrected chi connectivity index (χ1v) is 5.12. The topological polar surface area (TPSA) is 54.8 Å². The molecule has 0 radical (unpaired) electrons. The van der Waals surface area contributed by atoms with E-state index < -0.39 is 23.2 Å². The van der Waals surface area contributed by atoms with E-state index in [-0.39, 0.29) is 5.88 Å². The van der Waals surface area contributed by atoms with Gasteiger partial charge >= 0.3 is 6.18 Å². The van der Waals surface area contributed by atoms with Crippen LogP contribution in [0, 0.1) is 0 Å². The summed E-state index contributed by atoms with van der Waals surface area (Å²) in [6, 6.07) is 0.665. The number of rotatable bonds is 3. The molecule has 1 heterocycles. The van der Waals surface area contributed by atoms with E-state index in [0.29, 0.717) is 6.07 Å². The van der Waals surface area contributed by atoms with Gasteiger partial charge in [-0.25, -0.2) is 4.98 Å². The molecule has 19 heavy (non-hydrogen) atoms. The van der Waals surface area contributed by atoms with Crippen molar-refractivity contribution in [3.63, 3.8) is 0 Å². The van der Waals surface area contributed by atoms with Crippen LogP contribution in [0.25, 0.3) is 0 Å². The molecule has 1 rings (SSSR count). The Kier molecular flexibility index (Phi) is 4.47. The molecule has 0 atom stereocenters. The van der Waals surface area contributed by atoms with Gasteiger partial charge in [0.05, 0.1) is 24.6 Å². The van der Waals surface area contributed by atoms with E-state index in [1.165, 1.54) is 12.0 Å². The summed E-state index contributed by atoms with van der Waals surface area (Å²) in [5.41, 5.74) is -1.74. The zero-order valence-corrected chi connectivity index (χ0v) is 10.5. The van der Waals surface area contributed by atoms with Crippen molar-refractivity contribution in [2.75, 3.05) is 21.2 Å². The second-order valence-electron chi connectivity index (χ2n) is 3.78. The molecule has 0 aliphatic carbocycles. The van der Waals surface area contributed by atoms with E-state index >= 15 is 0 Å². The number of methoxy groups -OCH3 is 1. The molecule has 0 fully saturated rings. The van der Waals surface area contributed by atoms with Crippen LogP contribution in [0.2, 0.25) is 0 Å². The van der Waals surface area contributed by atoms with Crippen molar-refractivity contribution >= 4 is 12.2 Å². The summed E-state index contributed by atoms with van der Waals surface area (Å²) in [6.07, 6.45) is -2.77. The highest BCUT2D eigenvalue weighted by atomic mass is 19.4. The minimum Gasteiger partial charge on any atom is -0.481 e. The Labute approximate surface area is 107 Å². The largest absolute Gasteiger partial charge is 0.481 e. The van der Waals surface area contributed by atoms with E-state index in [1.54, 1.807) is 14.1 Å². The molecule has 1 amide bonds. The molecule has 0 unspecified atom stereocenters. The molecule has 0 spiro atoms. The summed E-state index contributed by atoms with van der Waals surface area (Å²) in [6.45, 7) is 0. The molecule has 0 saturated heterocycles. The number of pyridine rings is 1. The highest BCUT2D eigenvalue weighted by molar-refractivity contribution is 5.99. The average molecular weight is 275 g/mol. The summed E-state index contributed by atoms with van der Waals surface area (Å²) in [7, 11) is 4.37. The van der Waals surface area contributed by atoms with E-state index in [4.69, 9.17) is 0 Å². The van der Waals surface area contributed by atoms with E-state index in [9.17, 15) is 18.0 Å². The maximum Gasteiger partial charge on any atom is 0.417 e. The number of nitrogens with zero attached hydrogens (tertiary/aromatic N) is 3. The fourth-order valence-electron chi connectivity index (χ4n) is 1.19.